The minimum absolute atomic E-state index is 0.0463. The van der Waals surface area contributed by atoms with Crippen molar-refractivity contribution in [2.24, 2.45) is 0 Å². The van der Waals surface area contributed by atoms with E-state index in [0.29, 0.717) is 25.3 Å². The van der Waals surface area contributed by atoms with E-state index in [-0.39, 0.29) is 11.4 Å². The lowest BCUT2D eigenvalue weighted by atomic mass is 10.3. The highest BCUT2D eigenvalue weighted by Gasteiger charge is 2.19. The first-order valence-electron chi connectivity index (χ1n) is 6.23. The van der Waals surface area contributed by atoms with Gasteiger partial charge < -0.3 is 14.6 Å². The Hall–Kier alpha value is -2.34. The van der Waals surface area contributed by atoms with Crippen LogP contribution in [-0.2, 0) is 11.3 Å². The van der Waals surface area contributed by atoms with E-state index in [0.717, 1.165) is 0 Å². The molecule has 2 aromatic rings. The smallest absolute Gasteiger partial charge is 0.358 e. The average Bonchev–Trinajstić information content (AvgIpc) is 2.83. The highest BCUT2D eigenvalue weighted by atomic mass is 16.5. The first-order valence-corrected chi connectivity index (χ1v) is 6.23. The summed E-state index contributed by atoms with van der Waals surface area (Å²) in [6.07, 6.45) is 2.10. The minimum atomic E-state index is -1.06. The van der Waals surface area contributed by atoms with Gasteiger partial charge in [0.05, 0.1) is 6.20 Å². The summed E-state index contributed by atoms with van der Waals surface area (Å²) in [5, 5.41) is 13.4. The van der Waals surface area contributed by atoms with Crippen LogP contribution in [0.1, 0.15) is 16.9 Å². The Bertz CT molecular complexity index is 566. The van der Waals surface area contributed by atoms with Crippen molar-refractivity contribution < 1.29 is 19.4 Å². The quantitative estimate of drug-likeness (QED) is 0.786. The van der Waals surface area contributed by atoms with Gasteiger partial charge in [-0.15, -0.1) is 0 Å². The minimum Gasteiger partial charge on any atom is -0.476 e. The Morgan fingerprint density at radius 3 is 2.75 bits per heavy atom. The molecule has 0 aliphatic carbocycles. The monoisotopic (exact) mass is 276 g/mol. The average molecular weight is 276 g/mol. The summed E-state index contributed by atoms with van der Waals surface area (Å²) < 4.78 is 11.9. The van der Waals surface area contributed by atoms with E-state index in [1.54, 1.807) is 19.2 Å². The van der Waals surface area contributed by atoms with Crippen molar-refractivity contribution in [3.63, 3.8) is 0 Å². The van der Waals surface area contributed by atoms with Crippen LogP contribution < -0.4 is 4.74 Å². The molecule has 0 saturated carbocycles. The summed E-state index contributed by atoms with van der Waals surface area (Å²) in [7, 11) is 1.60. The van der Waals surface area contributed by atoms with Crippen LogP contribution in [0.4, 0.5) is 0 Å². The number of hydrogen-bond acceptors (Lipinski definition) is 4. The number of carboxylic acid groups (broad SMARTS) is 1. The third kappa shape index (κ3) is 3.36. The van der Waals surface area contributed by atoms with Gasteiger partial charge >= 0.3 is 5.97 Å². The zero-order valence-corrected chi connectivity index (χ0v) is 11.2. The fourth-order valence-electron chi connectivity index (χ4n) is 1.80. The maximum Gasteiger partial charge on any atom is 0.358 e. The molecule has 1 aromatic carbocycles. The lowest BCUT2D eigenvalue weighted by molar-refractivity contribution is 0.0679. The molecule has 0 amide bonds. The number of benzene rings is 1. The first-order chi connectivity index (χ1) is 9.72. The van der Waals surface area contributed by atoms with E-state index in [2.05, 4.69) is 5.10 Å². The van der Waals surface area contributed by atoms with Gasteiger partial charge in [0.1, 0.15) is 5.75 Å². The van der Waals surface area contributed by atoms with Crippen molar-refractivity contribution >= 4 is 5.97 Å². The molecule has 0 atom stereocenters. The second-order valence-corrected chi connectivity index (χ2v) is 4.15. The molecule has 0 aliphatic heterocycles. The number of nitrogens with zero attached hydrogens (tertiary/aromatic N) is 2. The van der Waals surface area contributed by atoms with E-state index >= 15 is 0 Å². The SMILES string of the molecule is COCCCn1ncc(Oc2ccccc2)c1C(=O)O. The van der Waals surface area contributed by atoms with Gasteiger partial charge in [-0.3, -0.25) is 4.68 Å². The predicted octanol–water partition coefficient (Wildman–Crippen LogP) is 2.41. The second-order valence-electron chi connectivity index (χ2n) is 4.15. The number of hydrogen-bond donors (Lipinski definition) is 1. The maximum absolute atomic E-state index is 11.4. The summed E-state index contributed by atoms with van der Waals surface area (Å²) in [6.45, 7) is 1.02. The van der Waals surface area contributed by atoms with Crippen molar-refractivity contribution in [2.75, 3.05) is 13.7 Å². The third-order valence-corrected chi connectivity index (χ3v) is 2.70. The molecule has 1 N–H and O–H groups in total. The standard InChI is InChI=1S/C14H16N2O4/c1-19-9-5-8-16-13(14(17)18)12(10-15-16)20-11-6-3-2-4-7-11/h2-4,6-7,10H,5,8-9H2,1H3,(H,17,18). The normalized spacial score (nSPS) is 10.4. The number of methoxy groups -OCH3 is 1. The number of aryl methyl sites for hydroxylation is 1. The summed E-state index contributed by atoms with van der Waals surface area (Å²) in [6, 6.07) is 9.01. The number of carbonyl (C=O) groups is 1. The summed E-state index contributed by atoms with van der Waals surface area (Å²) >= 11 is 0. The number of carboxylic acids is 1. The number of rotatable bonds is 7. The second kappa shape index (κ2) is 6.72. The number of ether oxygens (including phenoxy) is 2. The van der Waals surface area contributed by atoms with Crippen molar-refractivity contribution in [2.45, 2.75) is 13.0 Å². The van der Waals surface area contributed by atoms with Gasteiger partial charge in [-0.25, -0.2) is 4.79 Å². The highest BCUT2D eigenvalue weighted by molar-refractivity contribution is 5.88. The van der Waals surface area contributed by atoms with Crippen molar-refractivity contribution in [3.8, 4) is 11.5 Å². The van der Waals surface area contributed by atoms with Crippen LogP contribution in [-0.4, -0.2) is 34.6 Å². The van der Waals surface area contributed by atoms with Gasteiger partial charge in [-0.1, -0.05) is 18.2 Å². The molecular weight excluding hydrogens is 260 g/mol. The van der Waals surface area contributed by atoms with Gasteiger partial charge in [0.15, 0.2) is 11.4 Å². The van der Waals surface area contributed by atoms with Crippen LogP contribution in [0.2, 0.25) is 0 Å². The van der Waals surface area contributed by atoms with Crippen LogP contribution in [0.15, 0.2) is 36.5 Å². The maximum atomic E-state index is 11.4. The van der Waals surface area contributed by atoms with Gasteiger partial charge in [0.25, 0.3) is 0 Å². The van der Waals surface area contributed by atoms with E-state index in [1.807, 2.05) is 18.2 Å². The molecule has 0 unspecified atom stereocenters. The Morgan fingerprint density at radius 1 is 1.35 bits per heavy atom. The zero-order valence-electron chi connectivity index (χ0n) is 11.2. The molecular formula is C14H16N2O4. The Labute approximate surface area is 116 Å². The fraction of sp³-hybridized carbons (Fsp3) is 0.286. The predicted molar refractivity (Wildman–Crippen MR) is 72.2 cm³/mol. The van der Waals surface area contributed by atoms with Gasteiger partial charge in [0, 0.05) is 20.3 Å². The first kappa shape index (κ1) is 14.1. The Kier molecular flexibility index (Phi) is 4.73. The van der Waals surface area contributed by atoms with Crippen LogP contribution in [0.25, 0.3) is 0 Å². The molecule has 20 heavy (non-hydrogen) atoms. The molecule has 0 bridgehead atoms. The number of para-hydroxylation sites is 1. The van der Waals surface area contributed by atoms with E-state index in [9.17, 15) is 9.90 Å². The molecule has 0 fully saturated rings. The molecule has 0 radical (unpaired) electrons. The summed E-state index contributed by atoms with van der Waals surface area (Å²) in [5.74, 6) is -0.251. The zero-order chi connectivity index (χ0) is 14.4. The molecule has 2 rings (SSSR count). The topological polar surface area (TPSA) is 73.6 Å². The Morgan fingerprint density at radius 2 is 2.10 bits per heavy atom. The van der Waals surface area contributed by atoms with Crippen LogP contribution in [0, 0.1) is 0 Å². The number of aromatic carboxylic acids is 1. The van der Waals surface area contributed by atoms with Crippen molar-refractivity contribution in [3.05, 3.63) is 42.2 Å². The molecule has 6 nitrogen and oxygen atoms in total. The molecule has 1 aromatic heterocycles. The summed E-state index contributed by atoms with van der Waals surface area (Å²) in [4.78, 5) is 11.4. The van der Waals surface area contributed by atoms with Gasteiger partial charge in [-0.2, -0.15) is 5.10 Å². The lowest BCUT2D eigenvalue weighted by Crippen LogP contribution is -2.12. The van der Waals surface area contributed by atoms with E-state index in [4.69, 9.17) is 9.47 Å². The fourth-order valence-corrected chi connectivity index (χ4v) is 1.80. The molecule has 0 aliphatic rings. The molecule has 0 spiro atoms. The lowest BCUT2D eigenvalue weighted by Gasteiger charge is -2.07. The van der Waals surface area contributed by atoms with Crippen LogP contribution >= 0.6 is 0 Å². The largest absolute Gasteiger partial charge is 0.476 e. The van der Waals surface area contributed by atoms with Gasteiger partial charge in [0.2, 0.25) is 0 Å². The number of aromatic nitrogens is 2. The van der Waals surface area contributed by atoms with Crippen molar-refractivity contribution in [1.82, 2.24) is 9.78 Å². The molecule has 6 heteroatoms. The van der Waals surface area contributed by atoms with Crippen LogP contribution in [0.3, 0.4) is 0 Å². The Balaban J connectivity index is 2.18. The van der Waals surface area contributed by atoms with Crippen molar-refractivity contribution in [1.29, 1.82) is 0 Å². The highest BCUT2D eigenvalue weighted by Crippen LogP contribution is 2.25. The molecule has 0 saturated heterocycles. The van der Waals surface area contributed by atoms with Gasteiger partial charge in [-0.05, 0) is 18.6 Å². The van der Waals surface area contributed by atoms with E-state index in [1.165, 1.54) is 10.9 Å². The summed E-state index contributed by atoms with van der Waals surface area (Å²) in [5.41, 5.74) is 0.0463. The van der Waals surface area contributed by atoms with E-state index < -0.39 is 5.97 Å². The molecule has 106 valence electrons. The molecule has 1 heterocycles. The van der Waals surface area contributed by atoms with Crippen LogP contribution in [0.5, 0.6) is 11.5 Å². The third-order valence-electron chi connectivity index (χ3n) is 2.70.